The molecule has 1 nitrogen and oxygen atoms in total. The fourth-order valence-corrected chi connectivity index (χ4v) is 1.41. The van der Waals surface area contributed by atoms with E-state index in [2.05, 4.69) is 4.99 Å². The lowest BCUT2D eigenvalue weighted by Gasteiger charge is -2.10. The average molecular weight is 268 g/mol. The summed E-state index contributed by atoms with van der Waals surface area (Å²) in [6, 6.07) is 3.36. The average Bonchev–Trinajstić information content (AvgIpc) is 2.15. The minimum absolute atomic E-state index is 0.146. The second kappa shape index (κ2) is 5.10. The molecule has 0 bridgehead atoms. The molecule has 16 heavy (non-hydrogen) atoms. The summed E-state index contributed by atoms with van der Waals surface area (Å²) in [6.07, 6.45) is -2.67. The summed E-state index contributed by atoms with van der Waals surface area (Å²) in [5.41, 5.74) is -0.919. The molecule has 0 amide bonds. The molecule has 0 radical (unpaired) electrons. The van der Waals surface area contributed by atoms with Crippen LogP contribution in [0, 0.1) is 0 Å². The van der Waals surface area contributed by atoms with E-state index >= 15 is 0 Å². The highest BCUT2D eigenvalue weighted by Gasteiger charge is 2.33. The zero-order valence-electron chi connectivity index (χ0n) is 8.60. The van der Waals surface area contributed by atoms with Gasteiger partial charge < -0.3 is 0 Å². The largest absolute Gasteiger partial charge is 0.418 e. The van der Waals surface area contributed by atoms with E-state index in [1.807, 2.05) is 0 Å². The SMILES string of the molecule is CS/C(C)=N\c1cc(Cl)ccc1C(F)(F)F. The van der Waals surface area contributed by atoms with Crippen molar-refractivity contribution < 1.29 is 13.2 Å². The molecule has 6 heteroatoms. The van der Waals surface area contributed by atoms with Crippen molar-refractivity contribution in [3.63, 3.8) is 0 Å². The summed E-state index contributed by atoms with van der Waals surface area (Å²) in [4.78, 5) is 3.88. The molecule has 0 saturated heterocycles. The highest BCUT2D eigenvalue weighted by atomic mass is 35.5. The Kier molecular flexibility index (Phi) is 4.27. The van der Waals surface area contributed by atoms with Crippen molar-refractivity contribution >= 4 is 34.1 Å². The van der Waals surface area contributed by atoms with Crippen LogP contribution in [0.5, 0.6) is 0 Å². The van der Waals surface area contributed by atoms with Crippen molar-refractivity contribution in [2.24, 2.45) is 4.99 Å². The van der Waals surface area contributed by atoms with Gasteiger partial charge in [-0.3, -0.25) is 0 Å². The molecule has 0 aliphatic heterocycles. The first-order valence-electron chi connectivity index (χ1n) is 4.30. The van der Waals surface area contributed by atoms with Crippen LogP contribution in [-0.2, 0) is 6.18 Å². The first-order chi connectivity index (χ1) is 7.34. The van der Waals surface area contributed by atoms with Gasteiger partial charge in [0.1, 0.15) is 0 Å². The van der Waals surface area contributed by atoms with E-state index in [1.54, 1.807) is 13.2 Å². The highest BCUT2D eigenvalue weighted by molar-refractivity contribution is 8.13. The van der Waals surface area contributed by atoms with Crippen molar-refractivity contribution in [1.29, 1.82) is 0 Å². The van der Waals surface area contributed by atoms with Crippen molar-refractivity contribution in [3.8, 4) is 0 Å². The number of halogens is 4. The zero-order valence-corrected chi connectivity index (χ0v) is 10.2. The quantitative estimate of drug-likeness (QED) is 0.527. The Morgan fingerprint density at radius 3 is 2.50 bits per heavy atom. The highest BCUT2D eigenvalue weighted by Crippen LogP contribution is 2.38. The molecule has 0 aromatic heterocycles. The minimum atomic E-state index is -4.41. The van der Waals surface area contributed by atoms with Gasteiger partial charge >= 0.3 is 6.18 Å². The van der Waals surface area contributed by atoms with E-state index < -0.39 is 11.7 Å². The van der Waals surface area contributed by atoms with Crippen molar-refractivity contribution in [1.82, 2.24) is 0 Å². The van der Waals surface area contributed by atoms with Gasteiger partial charge in [-0.05, 0) is 31.4 Å². The minimum Gasteiger partial charge on any atom is -0.246 e. The molecule has 1 rings (SSSR count). The number of hydrogen-bond acceptors (Lipinski definition) is 2. The molecule has 0 heterocycles. The molecular weight excluding hydrogens is 259 g/mol. The predicted octanol–water partition coefficient (Wildman–Crippen LogP) is 4.77. The predicted molar refractivity (Wildman–Crippen MR) is 62.7 cm³/mol. The van der Waals surface area contributed by atoms with Gasteiger partial charge in [-0.15, -0.1) is 11.8 Å². The number of nitrogens with zero attached hydrogens (tertiary/aromatic N) is 1. The van der Waals surface area contributed by atoms with Crippen LogP contribution in [0.4, 0.5) is 18.9 Å². The lowest BCUT2D eigenvalue weighted by atomic mass is 10.2. The van der Waals surface area contributed by atoms with Gasteiger partial charge in [0.05, 0.1) is 16.3 Å². The number of aliphatic imine (C=N–C) groups is 1. The van der Waals surface area contributed by atoms with Crippen LogP contribution >= 0.6 is 23.4 Å². The van der Waals surface area contributed by atoms with Gasteiger partial charge in [-0.1, -0.05) is 11.6 Å². The van der Waals surface area contributed by atoms with E-state index in [0.29, 0.717) is 5.04 Å². The van der Waals surface area contributed by atoms with Crippen molar-refractivity contribution in [2.45, 2.75) is 13.1 Å². The molecule has 0 unspecified atom stereocenters. The van der Waals surface area contributed by atoms with E-state index in [4.69, 9.17) is 11.6 Å². The van der Waals surface area contributed by atoms with Crippen LogP contribution in [0.1, 0.15) is 12.5 Å². The summed E-state index contributed by atoms with van der Waals surface area (Å²) in [7, 11) is 0. The van der Waals surface area contributed by atoms with Crippen LogP contribution in [-0.4, -0.2) is 11.3 Å². The smallest absolute Gasteiger partial charge is 0.246 e. The molecule has 1 aromatic rings. The van der Waals surface area contributed by atoms with Crippen LogP contribution in [0.25, 0.3) is 0 Å². The van der Waals surface area contributed by atoms with Gasteiger partial charge in [0.2, 0.25) is 0 Å². The Morgan fingerprint density at radius 1 is 1.38 bits per heavy atom. The summed E-state index contributed by atoms with van der Waals surface area (Å²) >= 11 is 6.93. The fraction of sp³-hybridized carbons (Fsp3) is 0.300. The number of hydrogen-bond donors (Lipinski definition) is 0. The molecule has 88 valence electrons. The maximum atomic E-state index is 12.6. The molecule has 0 N–H and O–H groups in total. The second-order valence-corrected chi connectivity index (χ2v) is 4.43. The second-order valence-electron chi connectivity index (χ2n) is 2.99. The fourth-order valence-electron chi connectivity index (χ4n) is 1.05. The third kappa shape index (κ3) is 3.42. The maximum absolute atomic E-state index is 12.6. The number of thioether (sulfide) groups is 1. The first kappa shape index (κ1) is 13.4. The normalized spacial score (nSPS) is 13.0. The molecule has 0 fully saturated rings. The Labute approximate surface area is 101 Å². The van der Waals surface area contributed by atoms with Gasteiger partial charge in [0.15, 0.2) is 0 Å². The Bertz CT molecular complexity index is 415. The van der Waals surface area contributed by atoms with E-state index in [0.717, 1.165) is 6.07 Å². The molecule has 0 aliphatic carbocycles. The topological polar surface area (TPSA) is 12.4 Å². The number of benzene rings is 1. The van der Waals surface area contributed by atoms with Crippen LogP contribution < -0.4 is 0 Å². The van der Waals surface area contributed by atoms with E-state index in [1.165, 1.54) is 23.9 Å². The van der Waals surface area contributed by atoms with E-state index in [9.17, 15) is 13.2 Å². The van der Waals surface area contributed by atoms with Gasteiger partial charge in [-0.2, -0.15) is 13.2 Å². The van der Waals surface area contributed by atoms with Crippen LogP contribution in [0.15, 0.2) is 23.2 Å². The Balaban J connectivity index is 3.30. The summed E-state index contributed by atoms with van der Waals surface area (Å²) in [6.45, 7) is 1.64. The Morgan fingerprint density at radius 2 is 2.00 bits per heavy atom. The van der Waals surface area contributed by atoms with Crippen LogP contribution in [0.2, 0.25) is 5.02 Å². The lowest BCUT2D eigenvalue weighted by Crippen LogP contribution is -2.05. The number of alkyl halides is 3. The third-order valence-electron chi connectivity index (χ3n) is 1.84. The molecule has 0 atom stereocenters. The molecule has 0 saturated carbocycles. The summed E-state index contributed by atoms with van der Waals surface area (Å²) in [5, 5.41) is 0.786. The molecule has 1 aromatic carbocycles. The zero-order chi connectivity index (χ0) is 12.3. The summed E-state index contributed by atoms with van der Waals surface area (Å²) in [5.74, 6) is 0. The van der Waals surface area contributed by atoms with Crippen molar-refractivity contribution in [2.75, 3.05) is 6.26 Å². The van der Waals surface area contributed by atoms with E-state index in [-0.39, 0.29) is 10.7 Å². The molecule has 0 aliphatic rings. The Hall–Kier alpha value is -0.680. The van der Waals surface area contributed by atoms with Gasteiger partial charge in [0.25, 0.3) is 0 Å². The van der Waals surface area contributed by atoms with Gasteiger partial charge in [0, 0.05) is 5.02 Å². The van der Waals surface area contributed by atoms with Crippen LogP contribution in [0.3, 0.4) is 0 Å². The molecular formula is C10H9ClF3NS. The third-order valence-corrected chi connectivity index (χ3v) is 2.76. The van der Waals surface area contributed by atoms with Gasteiger partial charge in [-0.25, -0.2) is 4.99 Å². The summed E-state index contributed by atoms with van der Waals surface area (Å²) < 4.78 is 37.8. The first-order valence-corrected chi connectivity index (χ1v) is 5.91. The lowest BCUT2D eigenvalue weighted by molar-refractivity contribution is -0.137. The number of rotatable bonds is 1. The standard InChI is InChI=1S/C10H9ClF3NS/c1-6(16-2)15-9-5-7(11)3-4-8(9)10(12,13)14/h3-5H,1-2H3/b15-6-. The molecule has 0 spiro atoms. The maximum Gasteiger partial charge on any atom is 0.418 e. The van der Waals surface area contributed by atoms with Crippen molar-refractivity contribution in [3.05, 3.63) is 28.8 Å². The monoisotopic (exact) mass is 267 g/mol.